The summed E-state index contributed by atoms with van der Waals surface area (Å²) in [4.78, 5) is 8.47. The van der Waals surface area contributed by atoms with E-state index < -0.39 is 11.7 Å². The zero-order valence-corrected chi connectivity index (χ0v) is 13.8. The standard InChI is InChI=1S/C17H19F3N4O/c1-11-6-14(25-22-11)9-23-5-4-12-8-24(10-15(12)23)16-3-2-13(7-21-16)17(18,19)20/h2-3,6-7,12,15H,4-5,8-10H2,1H3. The number of fused-ring (bicyclic) bond motifs is 1. The molecule has 2 aromatic heterocycles. The second kappa shape index (κ2) is 6.01. The van der Waals surface area contributed by atoms with Gasteiger partial charge in [0.15, 0.2) is 5.76 Å². The molecule has 8 heteroatoms. The first-order valence-electron chi connectivity index (χ1n) is 8.34. The highest BCUT2D eigenvalue weighted by molar-refractivity contribution is 5.42. The van der Waals surface area contributed by atoms with Gasteiger partial charge < -0.3 is 9.42 Å². The summed E-state index contributed by atoms with van der Waals surface area (Å²) in [6.45, 7) is 5.22. The van der Waals surface area contributed by atoms with Crippen molar-refractivity contribution in [3.05, 3.63) is 41.4 Å². The van der Waals surface area contributed by atoms with Crippen LogP contribution < -0.4 is 4.90 Å². The molecule has 0 amide bonds. The Morgan fingerprint density at radius 2 is 2.12 bits per heavy atom. The average Bonchev–Trinajstić information content (AvgIpc) is 3.24. The number of nitrogens with zero attached hydrogens (tertiary/aromatic N) is 4. The first-order chi connectivity index (χ1) is 11.9. The van der Waals surface area contributed by atoms with Crippen LogP contribution in [0.2, 0.25) is 0 Å². The minimum Gasteiger partial charge on any atom is -0.360 e. The molecule has 2 atom stereocenters. The molecule has 4 heterocycles. The minimum atomic E-state index is -4.35. The Labute approximate surface area is 143 Å². The van der Waals surface area contributed by atoms with E-state index in [1.807, 2.05) is 13.0 Å². The van der Waals surface area contributed by atoms with E-state index in [9.17, 15) is 13.2 Å². The van der Waals surface area contributed by atoms with Gasteiger partial charge >= 0.3 is 6.18 Å². The van der Waals surface area contributed by atoms with Gasteiger partial charge in [0.2, 0.25) is 0 Å². The monoisotopic (exact) mass is 352 g/mol. The number of aromatic nitrogens is 2. The Balaban J connectivity index is 1.44. The molecule has 134 valence electrons. The van der Waals surface area contributed by atoms with Crippen LogP contribution in [0.1, 0.15) is 23.4 Å². The van der Waals surface area contributed by atoms with Gasteiger partial charge in [0.05, 0.1) is 17.8 Å². The predicted molar refractivity (Wildman–Crippen MR) is 85.0 cm³/mol. The molecule has 2 unspecified atom stereocenters. The number of rotatable bonds is 3. The molecule has 2 aromatic rings. The van der Waals surface area contributed by atoms with Gasteiger partial charge in [0, 0.05) is 31.4 Å². The summed E-state index contributed by atoms with van der Waals surface area (Å²) in [6.07, 6.45) is -2.35. The second-order valence-electron chi connectivity index (χ2n) is 6.83. The maximum absolute atomic E-state index is 12.7. The van der Waals surface area contributed by atoms with Crippen molar-refractivity contribution in [1.29, 1.82) is 0 Å². The summed E-state index contributed by atoms with van der Waals surface area (Å²) in [6, 6.07) is 4.88. The number of aryl methyl sites for hydroxylation is 1. The fourth-order valence-corrected chi connectivity index (χ4v) is 3.86. The van der Waals surface area contributed by atoms with Crippen LogP contribution in [0.25, 0.3) is 0 Å². The van der Waals surface area contributed by atoms with Crippen molar-refractivity contribution in [2.24, 2.45) is 5.92 Å². The van der Waals surface area contributed by atoms with Gasteiger partial charge in [0.25, 0.3) is 0 Å². The number of halogens is 3. The predicted octanol–water partition coefficient (Wildman–Crippen LogP) is 3.11. The minimum absolute atomic E-state index is 0.370. The number of anilines is 1. The lowest BCUT2D eigenvalue weighted by Crippen LogP contribution is -2.34. The Hall–Kier alpha value is -2.09. The SMILES string of the molecule is Cc1cc(CN2CCC3CN(c4ccc(C(F)(F)F)cn4)CC32)on1. The molecule has 2 fully saturated rings. The average molecular weight is 352 g/mol. The van der Waals surface area contributed by atoms with Crippen molar-refractivity contribution in [3.8, 4) is 0 Å². The summed E-state index contributed by atoms with van der Waals surface area (Å²) in [5.41, 5.74) is 0.158. The lowest BCUT2D eigenvalue weighted by atomic mass is 10.1. The van der Waals surface area contributed by atoms with Crippen LogP contribution in [0, 0.1) is 12.8 Å². The highest BCUT2D eigenvalue weighted by Gasteiger charge is 2.42. The molecule has 0 radical (unpaired) electrons. The number of likely N-dealkylation sites (tertiary alicyclic amines) is 1. The van der Waals surface area contributed by atoms with Crippen molar-refractivity contribution < 1.29 is 17.7 Å². The fourth-order valence-electron chi connectivity index (χ4n) is 3.86. The van der Waals surface area contributed by atoms with E-state index in [4.69, 9.17) is 4.52 Å². The lowest BCUT2D eigenvalue weighted by molar-refractivity contribution is -0.137. The van der Waals surface area contributed by atoms with Gasteiger partial charge in [-0.25, -0.2) is 4.98 Å². The fraction of sp³-hybridized carbons (Fsp3) is 0.529. The molecular formula is C17H19F3N4O. The molecule has 0 aromatic carbocycles. The summed E-state index contributed by atoms with van der Waals surface area (Å²) < 4.78 is 43.3. The Bertz CT molecular complexity index is 743. The van der Waals surface area contributed by atoms with Crippen molar-refractivity contribution in [3.63, 3.8) is 0 Å². The lowest BCUT2D eigenvalue weighted by Gasteiger charge is -2.24. The van der Waals surface area contributed by atoms with Gasteiger partial charge in [-0.3, -0.25) is 4.90 Å². The first-order valence-corrected chi connectivity index (χ1v) is 8.34. The van der Waals surface area contributed by atoms with Gasteiger partial charge in [-0.2, -0.15) is 13.2 Å². The first kappa shape index (κ1) is 16.4. The highest BCUT2D eigenvalue weighted by atomic mass is 19.4. The molecule has 0 saturated carbocycles. The van der Waals surface area contributed by atoms with E-state index >= 15 is 0 Å². The highest BCUT2D eigenvalue weighted by Crippen LogP contribution is 2.35. The number of hydrogen-bond acceptors (Lipinski definition) is 5. The van der Waals surface area contributed by atoms with Crippen molar-refractivity contribution in [2.75, 3.05) is 24.5 Å². The van der Waals surface area contributed by atoms with E-state index in [1.165, 1.54) is 6.07 Å². The van der Waals surface area contributed by atoms with Crippen LogP contribution >= 0.6 is 0 Å². The van der Waals surface area contributed by atoms with Crippen LogP contribution in [-0.2, 0) is 12.7 Å². The van der Waals surface area contributed by atoms with Gasteiger partial charge in [-0.15, -0.1) is 0 Å². The van der Waals surface area contributed by atoms with E-state index in [1.54, 1.807) is 0 Å². The maximum Gasteiger partial charge on any atom is 0.417 e. The summed E-state index contributed by atoms with van der Waals surface area (Å²) in [7, 11) is 0. The van der Waals surface area contributed by atoms with Crippen molar-refractivity contribution in [2.45, 2.75) is 32.1 Å². The molecule has 5 nitrogen and oxygen atoms in total. The largest absolute Gasteiger partial charge is 0.417 e. The Morgan fingerprint density at radius 1 is 1.28 bits per heavy atom. The van der Waals surface area contributed by atoms with Crippen LogP contribution in [0.5, 0.6) is 0 Å². The number of alkyl halides is 3. The van der Waals surface area contributed by atoms with Crippen LogP contribution in [0.15, 0.2) is 28.9 Å². The van der Waals surface area contributed by atoms with Gasteiger partial charge in [-0.1, -0.05) is 5.16 Å². The van der Waals surface area contributed by atoms with Gasteiger partial charge in [-0.05, 0) is 37.9 Å². The molecule has 4 rings (SSSR count). The van der Waals surface area contributed by atoms with Crippen LogP contribution in [0.3, 0.4) is 0 Å². The van der Waals surface area contributed by atoms with E-state index in [0.717, 1.165) is 56.3 Å². The van der Waals surface area contributed by atoms with E-state index in [-0.39, 0.29) is 0 Å². The second-order valence-corrected chi connectivity index (χ2v) is 6.83. The summed E-state index contributed by atoms with van der Waals surface area (Å²) in [5, 5.41) is 3.92. The van der Waals surface area contributed by atoms with Crippen molar-refractivity contribution >= 4 is 5.82 Å². The van der Waals surface area contributed by atoms with Gasteiger partial charge in [0.1, 0.15) is 5.82 Å². The number of pyridine rings is 1. The number of hydrogen-bond donors (Lipinski definition) is 0. The van der Waals surface area contributed by atoms with Crippen molar-refractivity contribution in [1.82, 2.24) is 15.0 Å². The molecule has 2 saturated heterocycles. The molecule has 0 bridgehead atoms. The van der Waals surface area contributed by atoms with Crippen LogP contribution in [-0.4, -0.2) is 40.7 Å². The maximum atomic E-state index is 12.7. The molecular weight excluding hydrogens is 333 g/mol. The van der Waals surface area contributed by atoms with E-state index in [2.05, 4.69) is 19.9 Å². The Morgan fingerprint density at radius 3 is 2.76 bits per heavy atom. The van der Waals surface area contributed by atoms with E-state index in [0.29, 0.717) is 17.8 Å². The third-order valence-electron chi connectivity index (χ3n) is 5.10. The third kappa shape index (κ3) is 3.22. The zero-order chi connectivity index (χ0) is 17.6. The smallest absolute Gasteiger partial charge is 0.360 e. The molecule has 25 heavy (non-hydrogen) atoms. The molecule has 0 aliphatic carbocycles. The topological polar surface area (TPSA) is 45.4 Å². The summed E-state index contributed by atoms with van der Waals surface area (Å²) >= 11 is 0. The zero-order valence-electron chi connectivity index (χ0n) is 13.8. The normalized spacial score (nSPS) is 24.1. The Kier molecular flexibility index (Phi) is 3.94. The quantitative estimate of drug-likeness (QED) is 0.849. The molecule has 2 aliphatic heterocycles. The third-order valence-corrected chi connectivity index (χ3v) is 5.10. The summed E-state index contributed by atoms with van der Waals surface area (Å²) in [5.74, 6) is 1.97. The van der Waals surface area contributed by atoms with Crippen LogP contribution in [0.4, 0.5) is 19.0 Å². The molecule has 0 spiro atoms. The molecule has 2 aliphatic rings. The molecule has 0 N–H and O–H groups in total.